The summed E-state index contributed by atoms with van der Waals surface area (Å²) in [6.07, 6.45) is 4.32. The second-order valence-electron chi connectivity index (χ2n) is 10.7. The maximum Gasteiger partial charge on any atom is 0.291 e. The van der Waals surface area contributed by atoms with Gasteiger partial charge in [-0.15, -0.1) is 4.73 Å². The number of aromatic nitrogens is 1. The van der Waals surface area contributed by atoms with E-state index < -0.39 is 34.1 Å². The van der Waals surface area contributed by atoms with Crippen molar-refractivity contribution in [3.63, 3.8) is 0 Å². The molecule has 0 N–H and O–H groups in total. The van der Waals surface area contributed by atoms with E-state index in [1.54, 1.807) is 36.4 Å². The number of benzene rings is 3. The third-order valence-electron chi connectivity index (χ3n) is 8.36. The molecule has 4 aromatic rings. The van der Waals surface area contributed by atoms with E-state index in [0.29, 0.717) is 28.1 Å². The number of carbonyl (C=O) groups is 4. The number of pyridine rings is 1. The molecule has 3 aliphatic carbocycles. The van der Waals surface area contributed by atoms with Crippen LogP contribution in [-0.2, 0) is 23.3 Å². The van der Waals surface area contributed by atoms with Crippen LogP contribution in [0.1, 0.15) is 70.2 Å². The second kappa shape index (κ2) is 9.71. The number of rotatable bonds is 5. The Morgan fingerprint density at radius 2 is 1.60 bits per heavy atom. The standard InChI is InChI=1S/C33H21ClN2O7/c1-42-36-21(15-35-43-16-17-3-2-4-20(34)9-17)11-19-10-18-7-8-33(27(18)14-22(19)32(36)41)30(39)25-12-23-24(13-26(25)31(33)40)29(38)6-5-28(23)37/h2-6,9-15H,7-8,16H2,1H3. The molecule has 0 amide bonds. The summed E-state index contributed by atoms with van der Waals surface area (Å²) in [5.74, 6) is -1.66. The Morgan fingerprint density at radius 1 is 0.907 bits per heavy atom. The van der Waals surface area contributed by atoms with Crippen LogP contribution in [0.3, 0.4) is 0 Å². The van der Waals surface area contributed by atoms with Crippen molar-refractivity contribution in [2.24, 2.45) is 5.16 Å². The van der Waals surface area contributed by atoms with E-state index in [4.69, 9.17) is 21.3 Å². The molecule has 0 fully saturated rings. The van der Waals surface area contributed by atoms with Gasteiger partial charge in [0.2, 0.25) is 0 Å². The van der Waals surface area contributed by atoms with Crippen molar-refractivity contribution in [1.82, 2.24) is 4.73 Å². The second-order valence-corrected chi connectivity index (χ2v) is 11.1. The van der Waals surface area contributed by atoms with Crippen LogP contribution < -0.4 is 10.4 Å². The highest BCUT2D eigenvalue weighted by molar-refractivity contribution is 6.35. The summed E-state index contributed by atoms with van der Waals surface area (Å²) in [6, 6.07) is 15.0. The molecule has 10 heteroatoms. The fourth-order valence-electron chi connectivity index (χ4n) is 6.33. The lowest BCUT2D eigenvalue weighted by atomic mass is 9.77. The SMILES string of the molecule is COn1c(C=NOCc2cccc(Cl)c2)cc2cc3c(cc2c1=O)C1(CC3)C(=O)c2cc3c(cc2C1=O)C(=O)C=CC3=O. The van der Waals surface area contributed by atoms with E-state index >= 15 is 0 Å². The van der Waals surface area contributed by atoms with Crippen LogP contribution in [-0.4, -0.2) is 41.2 Å². The molecule has 0 atom stereocenters. The van der Waals surface area contributed by atoms with Gasteiger partial charge in [-0.1, -0.05) is 35.0 Å². The van der Waals surface area contributed by atoms with Gasteiger partial charge < -0.3 is 9.68 Å². The van der Waals surface area contributed by atoms with Crippen molar-refractivity contribution < 1.29 is 28.9 Å². The van der Waals surface area contributed by atoms with E-state index in [0.717, 1.165) is 28.0 Å². The fraction of sp³-hybridized carbons (Fsp3) is 0.152. The monoisotopic (exact) mass is 592 g/mol. The summed E-state index contributed by atoms with van der Waals surface area (Å²) in [4.78, 5) is 77.1. The van der Waals surface area contributed by atoms with Gasteiger partial charge in [0.05, 0.1) is 11.6 Å². The summed E-state index contributed by atoms with van der Waals surface area (Å²) in [5, 5.41) is 5.40. The molecule has 0 aliphatic heterocycles. The summed E-state index contributed by atoms with van der Waals surface area (Å²) >= 11 is 6.01. The number of halogens is 1. The third kappa shape index (κ3) is 3.92. The van der Waals surface area contributed by atoms with Crippen LogP contribution in [0.5, 0.6) is 0 Å². The zero-order chi connectivity index (χ0) is 30.0. The van der Waals surface area contributed by atoms with Gasteiger partial charge in [0.1, 0.15) is 24.8 Å². The zero-order valence-electron chi connectivity index (χ0n) is 22.7. The molecule has 1 spiro atoms. The fourth-order valence-corrected chi connectivity index (χ4v) is 6.54. The Morgan fingerprint density at radius 3 is 2.26 bits per heavy atom. The third-order valence-corrected chi connectivity index (χ3v) is 8.59. The molecular weight excluding hydrogens is 572 g/mol. The number of carbonyl (C=O) groups excluding carboxylic acids is 4. The Labute approximate surface area is 248 Å². The molecule has 3 aliphatic rings. The normalized spacial score (nSPS) is 16.3. The first-order valence-electron chi connectivity index (χ1n) is 13.4. The average Bonchev–Trinajstić information content (AvgIpc) is 3.47. The zero-order valence-corrected chi connectivity index (χ0v) is 23.4. The van der Waals surface area contributed by atoms with Crippen molar-refractivity contribution in [1.29, 1.82) is 0 Å². The number of nitrogens with zero attached hydrogens (tertiary/aromatic N) is 2. The van der Waals surface area contributed by atoms with Crippen molar-refractivity contribution in [3.8, 4) is 0 Å². The van der Waals surface area contributed by atoms with E-state index in [-0.39, 0.29) is 40.7 Å². The topological polar surface area (TPSA) is 121 Å². The maximum atomic E-state index is 14.0. The highest BCUT2D eigenvalue weighted by Crippen LogP contribution is 2.49. The van der Waals surface area contributed by atoms with Gasteiger partial charge in [0.25, 0.3) is 5.56 Å². The molecule has 0 saturated heterocycles. The Balaban J connectivity index is 1.27. The predicted molar refractivity (Wildman–Crippen MR) is 157 cm³/mol. The Kier molecular flexibility index (Phi) is 6.03. The number of allylic oxidation sites excluding steroid dienone is 2. The molecule has 9 nitrogen and oxygen atoms in total. The molecule has 1 heterocycles. The number of Topliss-reactive ketones (excluding diaryl/α,β-unsaturated/α-hetero) is 2. The van der Waals surface area contributed by atoms with Crippen LogP contribution in [0, 0.1) is 0 Å². The minimum Gasteiger partial charge on any atom is -0.413 e. The number of hydrogen-bond donors (Lipinski definition) is 0. The molecule has 43 heavy (non-hydrogen) atoms. The Bertz CT molecular complexity index is 2030. The molecule has 1 aromatic heterocycles. The summed E-state index contributed by atoms with van der Waals surface area (Å²) in [5.41, 5.74) is 0.769. The first-order valence-corrected chi connectivity index (χ1v) is 13.8. The van der Waals surface area contributed by atoms with Crippen molar-refractivity contribution in [3.05, 3.63) is 127 Å². The molecular formula is C33H21ClN2O7. The lowest BCUT2D eigenvalue weighted by molar-refractivity contribution is 0.0794. The van der Waals surface area contributed by atoms with Crippen molar-refractivity contribution in [2.75, 3.05) is 7.11 Å². The molecule has 3 aromatic carbocycles. The number of hydrogen-bond acceptors (Lipinski definition) is 8. The molecule has 0 unspecified atom stereocenters. The first kappa shape index (κ1) is 26.7. The maximum absolute atomic E-state index is 14.0. The minimum atomic E-state index is -1.53. The van der Waals surface area contributed by atoms with E-state index in [9.17, 15) is 24.0 Å². The summed E-state index contributed by atoms with van der Waals surface area (Å²) < 4.78 is 1.05. The van der Waals surface area contributed by atoms with Crippen LogP contribution in [0.15, 0.2) is 76.7 Å². The van der Waals surface area contributed by atoms with Gasteiger partial charge in [0.15, 0.2) is 23.1 Å². The molecule has 0 bridgehead atoms. The van der Waals surface area contributed by atoms with Crippen LogP contribution >= 0.6 is 11.6 Å². The number of oxime groups is 1. The molecule has 212 valence electrons. The van der Waals surface area contributed by atoms with E-state index in [1.807, 2.05) is 6.07 Å². The highest BCUT2D eigenvalue weighted by Gasteiger charge is 2.57. The van der Waals surface area contributed by atoms with Gasteiger partial charge >= 0.3 is 0 Å². The minimum absolute atomic E-state index is 0.106. The van der Waals surface area contributed by atoms with Gasteiger partial charge in [-0.2, -0.15) is 0 Å². The van der Waals surface area contributed by atoms with Gasteiger partial charge in [-0.05, 0) is 83.5 Å². The van der Waals surface area contributed by atoms with Crippen molar-refractivity contribution in [2.45, 2.75) is 24.9 Å². The molecule has 7 rings (SSSR count). The van der Waals surface area contributed by atoms with Gasteiger partial charge in [-0.25, -0.2) is 0 Å². The van der Waals surface area contributed by atoms with Crippen LogP contribution in [0.25, 0.3) is 10.8 Å². The van der Waals surface area contributed by atoms with Gasteiger partial charge in [0, 0.05) is 27.3 Å². The molecule has 0 saturated carbocycles. The Hall–Kier alpha value is -5.15. The highest BCUT2D eigenvalue weighted by atomic mass is 35.5. The van der Waals surface area contributed by atoms with Crippen LogP contribution in [0.2, 0.25) is 5.02 Å². The summed E-state index contributed by atoms with van der Waals surface area (Å²) in [6.45, 7) is 0.170. The van der Waals surface area contributed by atoms with Crippen molar-refractivity contribution >= 4 is 51.7 Å². The smallest absolute Gasteiger partial charge is 0.291 e. The van der Waals surface area contributed by atoms with E-state index in [1.165, 1.54) is 25.5 Å². The van der Waals surface area contributed by atoms with Crippen LogP contribution in [0.4, 0.5) is 0 Å². The molecule has 0 radical (unpaired) electrons. The lowest BCUT2D eigenvalue weighted by Gasteiger charge is -2.21. The summed E-state index contributed by atoms with van der Waals surface area (Å²) in [7, 11) is 1.34. The van der Waals surface area contributed by atoms with Gasteiger partial charge in [-0.3, -0.25) is 24.0 Å². The first-order chi connectivity index (χ1) is 20.7. The number of ketones is 4. The number of aryl methyl sites for hydroxylation is 1. The quantitative estimate of drug-likeness (QED) is 0.190. The lowest BCUT2D eigenvalue weighted by Crippen LogP contribution is -2.36. The average molecular weight is 593 g/mol. The van der Waals surface area contributed by atoms with E-state index in [2.05, 4.69) is 5.16 Å². The predicted octanol–water partition coefficient (Wildman–Crippen LogP) is 4.46. The largest absolute Gasteiger partial charge is 0.413 e. The number of fused-ring (bicyclic) bond motifs is 5.